The van der Waals surface area contributed by atoms with Crippen molar-refractivity contribution in [2.24, 2.45) is 0 Å². The number of carbonyl (C=O) groups is 3. The van der Waals surface area contributed by atoms with Gasteiger partial charge in [-0.15, -0.1) is 11.3 Å². The second-order valence-corrected chi connectivity index (χ2v) is 14.2. The van der Waals surface area contributed by atoms with Crippen molar-refractivity contribution in [1.82, 2.24) is 15.3 Å². The van der Waals surface area contributed by atoms with Crippen molar-refractivity contribution in [2.45, 2.75) is 71.6 Å². The molecule has 1 aliphatic heterocycles. The number of carbonyl (C=O) groups excluding carboxylic acids is 3. The van der Waals surface area contributed by atoms with Crippen molar-refractivity contribution < 1.29 is 23.9 Å². The molecular formula is C34H40N6O5S. The van der Waals surface area contributed by atoms with Crippen LogP contribution < -0.4 is 20.9 Å². The average molecular weight is 645 g/mol. The van der Waals surface area contributed by atoms with E-state index in [-0.39, 0.29) is 11.6 Å². The van der Waals surface area contributed by atoms with E-state index in [4.69, 9.17) is 9.47 Å². The molecule has 0 spiro atoms. The smallest absolute Gasteiger partial charge is 0.412 e. The number of ether oxygens (including phenoxy) is 2. The Hall–Kier alpha value is -4.71. The number of nitrogens with zero attached hydrogens (tertiary/aromatic N) is 3. The van der Waals surface area contributed by atoms with Gasteiger partial charge in [-0.05, 0) is 72.1 Å². The van der Waals surface area contributed by atoms with Crippen LogP contribution >= 0.6 is 11.3 Å². The zero-order valence-electron chi connectivity index (χ0n) is 27.0. The number of amides is 3. The zero-order valence-corrected chi connectivity index (χ0v) is 27.8. The van der Waals surface area contributed by atoms with Gasteiger partial charge in [-0.1, -0.05) is 30.3 Å². The highest BCUT2D eigenvalue weighted by atomic mass is 32.1. The highest BCUT2D eigenvalue weighted by Crippen LogP contribution is 2.38. The number of alkyl carbamates (subject to hydrolysis) is 1. The van der Waals surface area contributed by atoms with Gasteiger partial charge in [0.2, 0.25) is 0 Å². The minimum absolute atomic E-state index is 0.131. The fourth-order valence-electron chi connectivity index (χ4n) is 5.19. The molecule has 3 N–H and O–H groups in total. The van der Waals surface area contributed by atoms with Crippen molar-refractivity contribution in [3.05, 3.63) is 66.6 Å². The standard InChI is InChI=1S/C34H40N6O5S/c1-33(2,3)44-31(42)37-23-13-10-16-40(20-23)25-14-15-35-19-24(25)38-29(41)27-28-26(46-30(27)39-32(43)45-34(4,5)6)17-22(18-36-28)21-11-8-7-9-12-21/h7-9,11-12,14-15,17-19,23H,10,13,16,20H2,1-6H3,(H,37,42)(H,38,41)(H,39,43)/t23-/m0/s1. The second kappa shape index (κ2) is 13.3. The molecule has 0 radical (unpaired) electrons. The Morgan fingerprint density at radius 2 is 1.63 bits per heavy atom. The molecule has 1 aliphatic rings. The first-order valence-corrected chi connectivity index (χ1v) is 16.1. The third kappa shape index (κ3) is 8.30. The molecule has 1 aromatic carbocycles. The van der Waals surface area contributed by atoms with Crippen LogP contribution in [0, 0.1) is 0 Å². The third-order valence-electron chi connectivity index (χ3n) is 7.01. The molecule has 46 heavy (non-hydrogen) atoms. The maximum atomic E-state index is 14.1. The van der Waals surface area contributed by atoms with Crippen LogP contribution in [0.5, 0.6) is 0 Å². The predicted octanol–water partition coefficient (Wildman–Crippen LogP) is 7.45. The number of fused-ring (bicyclic) bond motifs is 1. The van der Waals surface area contributed by atoms with Crippen molar-refractivity contribution in [2.75, 3.05) is 28.6 Å². The summed E-state index contributed by atoms with van der Waals surface area (Å²) in [7, 11) is 0. The van der Waals surface area contributed by atoms with E-state index in [2.05, 4.69) is 30.8 Å². The van der Waals surface area contributed by atoms with Gasteiger partial charge in [-0.25, -0.2) is 9.59 Å². The highest BCUT2D eigenvalue weighted by molar-refractivity contribution is 7.23. The van der Waals surface area contributed by atoms with E-state index < -0.39 is 29.3 Å². The average Bonchev–Trinajstić information content (AvgIpc) is 3.33. The predicted molar refractivity (Wildman–Crippen MR) is 182 cm³/mol. The van der Waals surface area contributed by atoms with Crippen molar-refractivity contribution in [3.63, 3.8) is 0 Å². The summed E-state index contributed by atoms with van der Waals surface area (Å²) in [4.78, 5) is 50.4. The van der Waals surface area contributed by atoms with Gasteiger partial charge in [0.15, 0.2) is 0 Å². The minimum atomic E-state index is -0.725. The Morgan fingerprint density at radius 3 is 2.35 bits per heavy atom. The van der Waals surface area contributed by atoms with Crippen LogP contribution in [0.2, 0.25) is 0 Å². The number of rotatable bonds is 6. The third-order valence-corrected chi connectivity index (χ3v) is 8.05. The molecule has 5 rings (SSSR count). The van der Waals surface area contributed by atoms with Gasteiger partial charge in [0.25, 0.3) is 5.91 Å². The van der Waals surface area contributed by atoms with E-state index in [1.807, 2.05) is 63.2 Å². The van der Waals surface area contributed by atoms with Gasteiger partial charge in [-0.2, -0.15) is 0 Å². The highest BCUT2D eigenvalue weighted by Gasteiger charge is 2.28. The SMILES string of the molecule is CC(C)(C)OC(=O)Nc1sc2cc(-c3ccccc3)cnc2c1C(=O)Nc1cnccc1N1CCC[C@H](NC(=O)OC(C)(C)C)C1. The number of hydrogen-bond acceptors (Lipinski definition) is 9. The van der Waals surface area contributed by atoms with Gasteiger partial charge < -0.3 is 25.0 Å². The molecule has 3 aromatic heterocycles. The lowest BCUT2D eigenvalue weighted by molar-refractivity contribution is 0.0499. The van der Waals surface area contributed by atoms with Crippen LogP contribution in [-0.2, 0) is 9.47 Å². The van der Waals surface area contributed by atoms with Crippen LogP contribution in [-0.4, -0.2) is 58.4 Å². The van der Waals surface area contributed by atoms with Gasteiger partial charge in [0.05, 0.1) is 27.8 Å². The quantitative estimate of drug-likeness (QED) is 0.197. The first-order valence-electron chi connectivity index (χ1n) is 15.2. The molecular weight excluding hydrogens is 604 g/mol. The number of benzene rings is 1. The fourth-order valence-corrected chi connectivity index (χ4v) is 6.28. The van der Waals surface area contributed by atoms with Gasteiger partial charge in [0.1, 0.15) is 21.8 Å². The lowest BCUT2D eigenvalue weighted by Crippen LogP contribution is -2.49. The molecule has 3 amide bonds. The van der Waals surface area contributed by atoms with Crippen LogP contribution in [0.25, 0.3) is 21.3 Å². The Kier molecular flexibility index (Phi) is 9.47. The molecule has 242 valence electrons. The second-order valence-electron chi connectivity index (χ2n) is 13.1. The van der Waals surface area contributed by atoms with E-state index in [0.717, 1.165) is 40.9 Å². The number of nitrogens with one attached hydrogen (secondary N) is 3. The minimum Gasteiger partial charge on any atom is -0.444 e. The van der Waals surface area contributed by atoms with E-state index in [1.54, 1.807) is 39.4 Å². The summed E-state index contributed by atoms with van der Waals surface area (Å²) in [6, 6.07) is 13.5. The van der Waals surface area contributed by atoms with E-state index in [9.17, 15) is 14.4 Å². The summed E-state index contributed by atoms with van der Waals surface area (Å²) in [5.41, 5.74) is 2.49. The number of anilines is 3. The summed E-state index contributed by atoms with van der Waals surface area (Å²) < 4.78 is 11.7. The summed E-state index contributed by atoms with van der Waals surface area (Å²) in [6.07, 6.45) is 5.49. The summed E-state index contributed by atoms with van der Waals surface area (Å²) in [6.45, 7) is 12.1. The molecule has 0 unspecified atom stereocenters. The van der Waals surface area contributed by atoms with Crippen LogP contribution in [0.4, 0.5) is 26.0 Å². The molecule has 4 aromatic rings. The molecule has 0 saturated carbocycles. The number of thiophene rings is 1. The Labute approximate surface area is 272 Å². The maximum Gasteiger partial charge on any atom is 0.412 e. The molecule has 1 saturated heterocycles. The van der Waals surface area contributed by atoms with Crippen LogP contribution in [0.1, 0.15) is 64.7 Å². The normalized spacial score (nSPS) is 15.3. The summed E-state index contributed by atoms with van der Waals surface area (Å²) >= 11 is 1.25. The first kappa shape index (κ1) is 32.7. The van der Waals surface area contributed by atoms with Crippen molar-refractivity contribution in [3.8, 4) is 11.1 Å². The van der Waals surface area contributed by atoms with E-state index in [0.29, 0.717) is 22.7 Å². The molecule has 1 fully saturated rings. The largest absolute Gasteiger partial charge is 0.444 e. The molecule has 4 heterocycles. The zero-order chi connectivity index (χ0) is 33.1. The Balaban J connectivity index is 1.43. The number of hydrogen-bond donors (Lipinski definition) is 3. The van der Waals surface area contributed by atoms with E-state index >= 15 is 0 Å². The van der Waals surface area contributed by atoms with Gasteiger partial charge in [-0.3, -0.25) is 20.1 Å². The lowest BCUT2D eigenvalue weighted by atomic mass is 10.0. The lowest BCUT2D eigenvalue weighted by Gasteiger charge is -2.35. The molecule has 0 bridgehead atoms. The Bertz CT molecular complexity index is 1730. The Morgan fingerprint density at radius 1 is 0.913 bits per heavy atom. The monoisotopic (exact) mass is 644 g/mol. The molecule has 1 atom stereocenters. The summed E-state index contributed by atoms with van der Waals surface area (Å²) in [5, 5.41) is 9.09. The van der Waals surface area contributed by atoms with Crippen LogP contribution in [0.15, 0.2) is 61.1 Å². The molecule has 0 aliphatic carbocycles. The van der Waals surface area contributed by atoms with Crippen molar-refractivity contribution >= 4 is 56.0 Å². The maximum absolute atomic E-state index is 14.1. The number of aromatic nitrogens is 2. The van der Waals surface area contributed by atoms with Gasteiger partial charge in [0, 0.05) is 37.1 Å². The van der Waals surface area contributed by atoms with Gasteiger partial charge >= 0.3 is 12.2 Å². The number of pyridine rings is 2. The van der Waals surface area contributed by atoms with Crippen molar-refractivity contribution in [1.29, 1.82) is 0 Å². The summed E-state index contributed by atoms with van der Waals surface area (Å²) in [5.74, 6) is -0.452. The van der Waals surface area contributed by atoms with Crippen LogP contribution in [0.3, 0.4) is 0 Å². The first-order chi connectivity index (χ1) is 21.8. The topological polar surface area (TPSA) is 135 Å². The number of piperidine rings is 1. The molecule has 12 heteroatoms. The fraction of sp³-hybridized carbons (Fsp3) is 0.382. The van der Waals surface area contributed by atoms with E-state index in [1.165, 1.54) is 11.3 Å². The molecule has 11 nitrogen and oxygen atoms in total.